The Balaban J connectivity index is 2.05. The van der Waals surface area contributed by atoms with Gasteiger partial charge in [-0.05, 0) is 23.8 Å². The van der Waals surface area contributed by atoms with E-state index in [9.17, 15) is 4.79 Å². The van der Waals surface area contributed by atoms with Gasteiger partial charge in [0.25, 0.3) is 0 Å². The van der Waals surface area contributed by atoms with Crippen molar-refractivity contribution in [2.24, 2.45) is 5.10 Å². The zero-order valence-corrected chi connectivity index (χ0v) is 12.2. The third kappa shape index (κ3) is 3.69. The Bertz CT molecular complexity index is 669. The molecule has 21 heavy (non-hydrogen) atoms. The van der Waals surface area contributed by atoms with Crippen LogP contribution in [0, 0.1) is 0 Å². The van der Waals surface area contributed by atoms with Crippen LogP contribution in [0.15, 0.2) is 28.7 Å². The van der Waals surface area contributed by atoms with Crippen molar-refractivity contribution >= 4 is 28.7 Å². The molecule has 7 nitrogen and oxygen atoms in total. The smallest absolute Gasteiger partial charge is 0.355 e. The molecular formula is C13H13N3O4S. The number of hydrogen-bond donors (Lipinski definition) is 2. The molecule has 0 atom stereocenters. The van der Waals surface area contributed by atoms with E-state index in [0.29, 0.717) is 16.6 Å². The van der Waals surface area contributed by atoms with E-state index in [1.807, 2.05) is 6.07 Å². The highest BCUT2D eigenvalue weighted by atomic mass is 32.1. The minimum atomic E-state index is -1.07. The normalized spacial score (nSPS) is 10.6. The van der Waals surface area contributed by atoms with E-state index in [0.717, 1.165) is 5.56 Å². The van der Waals surface area contributed by atoms with E-state index in [-0.39, 0.29) is 5.69 Å². The largest absolute Gasteiger partial charge is 0.493 e. The van der Waals surface area contributed by atoms with Crippen LogP contribution < -0.4 is 14.9 Å². The molecule has 0 unspecified atom stereocenters. The molecule has 0 aliphatic carbocycles. The summed E-state index contributed by atoms with van der Waals surface area (Å²) in [6.45, 7) is 0. The summed E-state index contributed by atoms with van der Waals surface area (Å²) in [5, 5.41) is 14.6. The highest BCUT2D eigenvalue weighted by Crippen LogP contribution is 2.26. The number of thiazole rings is 1. The second kappa shape index (κ2) is 6.71. The van der Waals surface area contributed by atoms with E-state index in [1.165, 1.54) is 16.7 Å². The zero-order valence-electron chi connectivity index (χ0n) is 11.4. The van der Waals surface area contributed by atoms with Crippen LogP contribution in [0.3, 0.4) is 0 Å². The second-order valence-corrected chi connectivity index (χ2v) is 4.69. The molecule has 1 heterocycles. The molecule has 1 aromatic heterocycles. The maximum atomic E-state index is 10.7. The van der Waals surface area contributed by atoms with Gasteiger partial charge < -0.3 is 14.6 Å². The van der Waals surface area contributed by atoms with Crippen molar-refractivity contribution in [1.82, 2.24) is 4.98 Å². The van der Waals surface area contributed by atoms with Gasteiger partial charge in [-0.2, -0.15) is 5.10 Å². The number of aromatic nitrogens is 1. The molecule has 2 aromatic rings. The van der Waals surface area contributed by atoms with Gasteiger partial charge in [0.05, 0.1) is 20.4 Å². The topological polar surface area (TPSA) is 93.0 Å². The van der Waals surface area contributed by atoms with Gasteiger partial charge in [-0.25, -0.2) is 9.78 Å². The van der Waals surface area contributed by atoms with Crippen molar-refractivity contribution in [1.29, 1.82) is 0 Å². The standard InChI is InChI=1S/C13H13N3O4S/c1-19-10-4-3-8(5-11(10)20-2)6-14-16-13-15-9(7-21-13)12(17)18/h3-7H,1-2H3,(H,15,16)(H,17,18)/b14-6+. The van der Waals surface area contributed by atoms with Crippen LogP contribution in [0.1, 0.15) is 16.1 Å². The summed E-state index contributed by atoms with van der Waals surface area (Å²) in [5.74, 6) is 0.167. The first kappa shape index (κ1) is 14.8. The highest BCUT2D eigenvalue weighted by molar-refractivity contribution is 7.13. The Morgan fingerprint density at radius 3 is 2.76 bits per heavy atom. The SMILES string of the molecule is COc1ccc(/C=N/Nc2nc(C(=O)O)cs2)cc1OC. The van der Waals surface area contributed by atoms with E-state index in [4.69, 9.17) is 14.6 Å². The molecule has 0 amide bonds. The molecular weight excluding hydrogens is 294 g/mol. The number of rotatable bonds is 6. The lowest BCUT2D eigenvalue weighted by Crippen LogP contribution is -1.97. The van der Waals surface area contributed by atoms with Gasteiger partial charge in [-0.15, -0.1) is 11.3 Å². The molecule has 0 spiro atoms. The number of aromatic carboxylic acids is 1. The quantitative estimate of drug-likeness (QED) is 0.628. The maximum Gasteiger partial charge on any atom is 0.355 e. The molecule has 0 aliphatic rings. The van der Waals surface area contributed by atoms with Crippen LogP contribution in [0.4, 0.5) is 5.13 Å². The minimum Gasteiger partial charge on any atom is -0.493 e. The number of carbonyl (C=O) groups is 1. The average Bonchev–Trinajstić information content (AvgIpc) is 2.96. The predicted molar refractivity (Wildman–Crippen MR) is 79.8 cm³/mol. The van der Waals surface area contributed by atoms with E-state index in [2.05, 4.69) is 15.5 Å². The fourth-order valence-corrected chi connectivity index (χ4v) is 2.15. The molecule has 1 aromatic carbocycles. The third-order valence-corrected chi connectivity index (χ3v) is 3.25. The Morgan fingerprint density at radius 2 is 2.14 bits per heavy atom. The molecule has 8 heteroatoms. The van der Waals surface area contributed by atoms with E-state index in [1.54, 1.807) is 32.6 Å². The Kier molecular flexibility index (Phi) is 4.72. The molecule has 0 bridgehead atoms. The molecule has 0 saturated heterocycles. The number of anilines is 1. The lowest BCUT2D eigenvalue weighted by Gasteiger charge is -2.07. The highest BCUT2D eigenvalue weighted by Gasteiger charge is 2.07. The van der Waals surface area contributed by atoms with Crippen LogP contribution in [0.5, 0.6) is 11.5 Å². The van der Waals surface area contributed by atoms with Gasteiger partial charge in [-0.3, -0.25) is 5.43 Å². The first-order valence-electron chi connectivity index (χ1n) is 5.84. The van der Waals surface area contributed by atoms with Crippen molar-refractivity contribution in [2.45, 2.75) is 0 Å². The van der Waals surface area contributed by atoms with E-state index < -0.39 is 5.97 Å². The van der Waals surface area contributed by atoms with Crippen LogP contribution in [-0.4, -0.2) is 36.5 Å². The van der Waals surface area contributed by atoms with Crippen LogP contribution in [0.25, 0.3) is 0 Å². The summed E-state index contributed by atoms with van der Waals surface area (Å²) in [6, 6.07) is 5.36. The van der Waals surface area contributed by atoms with Gasteiger partial charge in [0.2, 0.25) is 5.13 Å². The van der Waals surface area contributed by atoms with Gasteiger partial charge >= 0.3 is 5.97 Å². The Hall–Kier alpha value is -2.61. The molecule has 2 N–H and O–H groups in total. The van der Waals surface area contributed by atoms with Crippen LogP contribution in [-0.2, 0) is 0 Å². The summed E-state index contributed by atoms with van der Waals surface area (Å²) >= 11 is 1.17. The van der Waals surface area contributed by atoms with Gasteiger partial charge in [-0.1, -0.05) is 0 Å². The van der Waals surface area contributed by atoms with Crippen LogP contribution in [0.2, 0.25) is 0 Å². The number of nitrogens with zero attached hydrogens (tertiary/aromatic N) is 2. The molecule has 0 aliphatic heterocycles. The fourth-order valence-electron chi connectivity index (χ4n) is 1.52. The van der Waals surface area contributed by atoms with Crippen molar-refractivity contribution in [3.63, 3.8) is 0 Å². The van der Waals surface area contributed by atoms with Crippen molar-refractivity contribution in [3.8, 4) is 11.5 Å². The molecule has 110 valence electrons. The fraction of sp³-hybridized carbons (Fsp3) is 0.154. The van der Waals surface area contributed by atoms with Gasteiger partial charge in [0.1, 0.15) is 0 Å². The molecule has 0 saturated carbocycles. The lowest BCUT2D eigenvalue weighted by molar-refractivity contribution is 0.0691. The zero-order chi connectivity index (χ0) is 15.2. The maximum absolute atomic E-state index is 10.7. The number of methoxy groups -OCH3 is 2. The van der Waals surface area contributed by atoms with E-state index >= 15 is 0 Å². The number of hydrazone groups is 1. The second-order valence-electron chi connectivity index (χ2n) is 3.83. The number of carboxylic acids is 1. The van der Waals surface area contributed by atoms with Crippen molar-refractivity contribution in [3.05, 3.63) is 34.8 Å². The molecule has 0 fully saturated rings. The predicted octanol–water partition coefficient (Wildman–Crippen LogP) is 2.30. The average molecular weight is 307 g/mol. The molecule has 2 rings (SSSR count). The number of benzene rings is 1. The summed E-state index contributed by atoms with van der Waals surface area (Å²) < 4.78 is 10.3. The number of nitrogens with one attached hydrogen (secondary N) is 1. The third-order valence-electron chi connectivity index (χ3n) is 2.50. The first-order chi connectivity index (χ1) is 10.1. The van der Waals surface area contributed by atoms with Gasteiger partial charge in [0.15, 0.2) is 17.2 Å². The number of hydrogen-bond acceptors (Lipinski definition) is 7. The first-order valence-corrected chi connectivity index (χ1v) is 6.72. The number of carboxylic acid groups (broad SMARTS) is 1. The van der Waals surface area contributed by atoms with Gasteiger partial charge in [0, 0.05) is 5.38 Å². The lowest BCUT2D eigenvalue weighted by atomic mass is 10.2. The minimum absolute atomic E-state index is 0.0104. The van der Waals surface area contributed by atoms with Crippen molar-refractivity contribution in [2.75, 3.05) is 19.6 Å². The number of ether oxygens (including phenoxy) is 2. The molecule has 0 radical (unpaired) electrons. The summed E-state index contributed by atoms with van der Waals surface area (Å²) in [6.07, 6.45) is 1.57. The van der Waals surface area contributed by atoms with Crippen molar-refractivity contribution < 1.29 is 19.4 Å². The monoisotopic (exact) mass is 307 g/mol. The summed E-state index contributed by atoms with van der Waals surface area (Å²) in [5.41, 5.74) is 3.47. The summed E-state index contributed by atoms with van der Waals surface area (Å²) in [7, 11) is 3.12. The Morgan fingerprint density at radius 1 is 1.38 bits per heavy atom. The van der Waals surface area contributed by atoms with Crippen LogP contribution >= 0.6 is 11.3 Å². The Labute approximate surface area is 124 Å². The summed E-state index contributed by atoms with van der Waals surface area (Å²) in [4.78, 5) is 14.5.